The molecule has 1 heteroatoms. The lowest BCUT2D eigenvalue weighted by Crippen LogP contribution is -1.81. The lowest BCUT2D eigenvalue weighted by Gasteiger charge is -1.97. The van der Waals surface area contributed by atoms with Crippen molar-refractivity contribution < 1.29 is 5.11 Å². The summed E-state index contributed by atoms with van der Waals surface area (Å²) in [4.78, 5) is 0. The van der Waals surface area contributed by atoms with Gasteiger partial charge in [-0.15, -0.1) is 0 Å². The molecule has 2 aromatic rings. The number of rotatable bonds is 1. The summed E-state index contributed by atoms with van der Waals surface area (Å²) in [5, 5.41) is 9.69. The molecule has 0 bridgehead atoms. The van der Waals surface area contributed by atoms with Crippen molar-refractivity contribution in [3.63, 3.8) is 0 Å². The quantitative estimate of drug-likeness (QED) is 0.568. The van der Waals surface area contributed by atoms with E-state index in [4.69, 9.17) is 5.11 Å². The Balaban J connectivity index is 2.67. The third kappa shape index (κ3) is 1.19. The van der Waals surface area contributed by atoms with Crippen molar-refractivity contribution in [1.82, 2.24) is 0 Å². The largest absolute Gasteiger partial charge is 0.442 e. The van der Waals surface area contributed by atoms with Gasteiger partial charge < -0.3 is 5.11 Å². The molecule has 0 saturated heterocycles. The molecule has 0 fully saturated rings. The Labute approximate surface area is 71.3 Å². The van der Waals surface area contributed by atoms with Gasteiger partial charge in [-0.05, 0) is 16.8 Å². The van der Waals surface area contributed by atoms with Crippen molar-refractivity contribution in [2.45, 2.75) is 6.61 Å². The maximum Gasteiger partial charge on any atom is 0.169 e. The van der Waals surface area contributed by atoms with Gasteiger partial charge >= 0.3 is 0 Å². The molecule has 0 heterocycles. The van der Waals surface area contributed by atoms with Gasteiger partial charge in [-0.1, -0.05) is 36.4 Å². The molecule has 0 aliphatic rings. The molecule has 0 amide bonds. The Kier molecular flexibility index (Phi) is 1.80. The van der Waals surface area contributed by atoms with Crippen LogP contribution in [0, 0.1) is 0 Å². The smallest absolute Gasteiger partial charge is 0.169 e. The van der Waals surface area contributed by atoms with E-state index in [0.717, 1.165) is 5.56 Å². The second kappa shape index (κ2) is 2.95. The molecule has 0 aliphatic heterocycles. The normalized spacial score (nSPS) is 10.4. The van der Waals surface area contributed by atoms with Gasteiger partial charge in [-0.2, -0.15) is 0 Å². The Bertz CT molecular complexity index is 393. The fourth-order valence-electron chi connectivity index (χ4n) is 1.35. The fourth-order valence-corrected chi connectivity index (χ4v) is 1.35. The van der Waals surface area contributed by atoms with Crippen LogP contribution in [-0.4, -0.2) is 5.11 Å². The number of hydrogen-bond acceptors (Lipinski definition) is 0. The highest BCUT2D eigenvalue weighted by Crippen LogP contribution is 2.15. The second-order valence-corrected chi connectivity index (χ2v) is 2.86. The molecule has 0 aromatic heterocycles. The van der Waals surface area contributed by atoms with Crippen molar-refractivity contribution in [3.8, 4) is 0 Å². The summed E-state index contributed by atoms with van der Waals surface area (Å²) in [6, 6.07) is 14.4. The highest BCUT2D eigenvalue weighted by atomic mass is 16.3. The summed E-state index contributed by atoms with van der Waals surface area (Å²) < 4.78 is 0. The SMILES string of the molecule is [OH2+]Cc1ccc2ccccc2c1. The molecule has 12 heavy (non-hydrogen) atoms. The van der Waals surface area contributed by atoms with E-state index in [2.05, 4.69) is 24.3 Å². The van der Waals surface area contributed by atoms with E-state index in [9.17, 15) is 0 Å². The van der Waals surface area contributed by atoms with Gasteiger partial charge in [0.2, 0.25) is 0 Å². The molecule has 1 nitrogen and oxygen atoms in total. The predicted molar refractivity (Wildman–Crippen MR) is 51.3 cm³/mol. The van der Waals surface area contributed by atoms with Crippen LogP contribution in [0.15, 0.2) is 42.5 Å². The molecular weight excluding hydrogens is 148 g/mol. The maximum atomic E-state index is 7.22. The van der Waals surface area contributed by atoms with Crippen molar-refractivity contribution in [1.29, 1.82) is 0 Å². The van der Waals surface area contributed by atoms with E-state index in [-0.39, 0.29) is 0 Å². The highest BCUT2D eigenvalue weighted by molar-refractivity contribution is 5.82. The van der Waals surface area contributed by atoms with E-state index < -0.39 is 0 Å². The van der Waals surface area contributed by atoms with E-state index in [0.29, 0.717) is 6.61 Å². The minimum atomic E-state index is 0.366. The monoisotopic (exact) mass is 159 g/mol. The van der Waals surface area contributed by atoms with Crippen LogP contribution in [0.3, 0.4) is 0 Å². The molecular formula is C11H11O+. The van der Waals surface area contributed by atoms with Gasteiger partial charge in [0, 0.05) is 5.56 Å². The Morgan fingerprint density at radius 2 is 1.67 bits per heavy atom. The molecule has 2 rings (SSSR count). The highest BCUT2D eigenvalue weighted by Gasteiger charge is 1.94. The Hall–Kier alpha value is -1.34. The average Bonchev–Trinajstić information content (AvgIpc) is 2.17. The molecule has 2 aromatic carbocycles. The zero-order valence-corrected chi connectivity index (χ0v) is 6.75. The second-order valence-electron chi connectivity index (χ2n) is 2.86. The molecule has 0 atom stereocenters. The van der Waals surface area contributed by atoms with Crippen LogP contribution < -0.4 is 0 Å². The lowest BCUT2D eigenvalue weighted by molar-refractivity contribution is 0.282. The molecule has 0 radical (unpaired) electrons. The van der Waals surface area contributed by atoms with Crippen LogP contribution >= 0.6 is 0 Å². The minimum absolute atomic E-state index is 0.366. The number of fused-ring (bicyclic) bond motifs is 1. The predicted octanol–water partition coefficient (Wildman–Crippen LogP) is 2.06. The van der Waals surface area contributed by atoms with Gasteiger partial charge in [0.1, 0.15) is 0 Å². The third-order valence-corrected chi connectivity index (χ3v) is 2.02. The Morgan fingerprint density at radius 3 is 2.42 bits per heavy atom. The van der Waals surface area contributed by atoms with Crippen LogP contribution in [0.1, 0.15) is 5.56 Å². The van der Waals surface area contributed by atoms with Crippen molar-refractivity contribution in [3.05, 3.63) is 48.0 Å². The summed E-state index contributed by atoms with van der Waals surface area (Å²) >= 11 is 0. The van der Waals surface area contributed by atoms with Crippen molar-refractivity contribution >= 4 is 10.8 Å². The van der Waals surface area contributed by atoms with Crippen LogP contribution in [0.2, 0.25) is 0 Å². The fraction of sp³-hybridized carbons (Fsp3) is 0.0909. The summed E-state index contributed by atoms with van der Waals surface area (Å²) in [7, 11) is 0. The lowest BCUT2D eigenvalue weighted by atomic mass is 10.1. The van der Waals surface area contributed by atoms with Gasteiger partial charge in [-0.3, -0.25) is 0 Å². The zero-order valence-electron chi connectivity index (χ0n) is 6.75. The molecule has 0 aliphatic carbocycles. The van der Waals surface area contributed by atoms with Crippen molar-refractivity contribution in [2.75, 3.05) is 0 Å². The Morgan fingerprint density at radius 1 is 0.917 bits per heavy atom. The first-order valence-corrected chi connectivity index (χ1v) is 4.02. The molecule has 2 N–H and O–H groups in total. The first kappa shape index (κ1) is 7.32. The van der Waals surface area contributed by atoms with Gasteiger partial charge in [0.15, 0.2) is 6.61 Å². The number of hydrogen-bond donors (Lipinski definition) is 0. The van der Waals surface area contributed by atoms with Crippen LogP contribution in [0.5, 0.6) is 0 Å². The van der Waals surface area contributed by atoms with Gasteiger partial charge in [-0.25, -0.2) is 0 Å². The first-order chi connectivity index (χ1) is 5.90. The van der Waals surface area contributed by atoms with E-state index in [1.807, 2.05) is 18.2 Å². The molecule has 60 valence electrons. The first-order valence-electron chi connectivity index (χ1n) is 4.02. The minimum Gasteiger partial charge on any atom is -0.442 e. The van der Waals surface area contributed by atoms with E-state index in [1.54, 1.807) is 0 Å². The van der Waals surface area contributed by atoms with E-state index in [1.165, 1.54) is 10.8 Å². The third-order valence-electron chi connectivity index (χ3n) is 2.02. The summed E-state index contributed by atoms with van der Waals surface area (Å²) in [6.07, 6.45) is 0. The number of benzene rings is 2. The zero-order chi connectivity index (χ0) is 8.39. The standard InChI is InChI=1S/C11H10O/c12-8-9-5-6-10-3-1-2-4-11(10)7-9/h1-7,12H,8H2/p+1. The average molecular weight is 159 g/mol. The maximum absolute atomic E-state index is 7.22. The van der Waals surface area contributed by atoms with Gasteiger partial charge in [0.05, 0.1) is 0 Å². The van der Waals surface area contributed by atoms with Crippen LogP contribution in [-0.2, 0) is 6.61 Å². The van der Waals surface area contributed by atoms with Crippen molar-refractivity contribution in [2.24, 2.45) is 0 Å². The summed E-state index contributed by atoms with van der Waals surface area (Å²) in [6.45, 7) is 0.366. The summed E-state index contributed by atoms with van der Waals surface area (Å²) in [5.74, 6) is 0. The van der Waals surface area contributed by atoms with Crippen LogP contribution in [0.4, 0.5) is 0 Å². The summed E-state index contributed by atoms with van der Waals surface area (Å²) in [5.41, 5.74) is 1.08. The molecule has 0 saturated carbocycles. The van der Waals surface area contributed by atoms with Crippen LogP contribution in [0.25, 0.3) is 10.8 Å². The molecule has 0 unspecified atom stereocenters. The van der Waals surface area contributed by atoms with Gasteiger partial charge in [0.25, 0.3) is 0 Å². The molecule has 0 spiro atoms. The van der Waals surface area contributed by atoms with E-state index >= 15 is 0 Å². The topological polar surface area (TPSA) is 22.9 Å².